The molecule has 0 spiro atoms. The summed E-state index contributed by atoms with van der Waals surface area (Å²) >= 11 is 0. The Morgan fingerprint density at radius 1 is 1.11 bits per heavy atom. The molecule has 1 unspecified atom stereocenters. The van der Waals surface area contributed by atoms with Gasteiger partial charge in [0.25, 0.3) is 0 Å². The van der Waals surface area contributed by atoms with E-state index in [1.807, 2.05) is 63.2 Å². The summed E-state index contributed by atoms with van der Waals surface area (Å²) in [5.74, 6) is 0.155. The number of rotatable bonds is 11. The van der Waals surface area contributed by atoms with Gasteiger partial charge in [-0.3, -0.25) is 0 Å². The average molecular weight is 526 g/mol. The fourth-order valence-corrected chi connectivity index (χ4v) is 6.13. The van der Waals surface area contributed by atoms with Gasteiger partial charge in [0.15, 0.2) is 0 Å². The summed E-state index contributed by atoms with van der Waals surface area (Å²) in [7, 11) is 0.488. The van der Waals surface area contributed by atoms with Gasteiger partial charge < -0.3 is 10.2 Å². The number of nitrogens with one attached hydrogen (secondary N) is 2. The Labute approximate surface area is 213 Å². The molecule has 0 aromatic heterocycles. The van der Waals surface area contributed by atoms with E-state index in [1.54, 1.807) is 0 Å². The lowest BCUT2D eigenvalue weighted by Gasteiger charge is -2.40. The summed E-state index contributed by atoms with van der Waals surface area (Å²) in [5, 5.41) is 3.50. The highest BCUT2D eigenvalue weighted by atomic mass is 32.2. The van der Waals surface area contributed by atoms with Gasteiger partial charge in [0.2, 0.25) is 10.0 Å². The zero-order valence-electron chi connectivity index (χ0n) is 21.5. The highest BCUT2D eigenvalue weighted by Crippen LogP contribution is 2.48. The number of fused-ring (bicyclic) bond motifs is 1. The molecule has 2 N–H and O–H groups in total. The standard InChI is InChI=1S/C27H38F3N3O2S/c1-19(18-31-36(34,35)16-8-15-33(3)4)11-13-23-20(2)24-17-22(27(28,29)30)12-14-25(24)32-26(23)21-9-6-5-7-10-21/h5-7,9-10,12,14,17,19-20,23,26,31-32H,8,11,13,15-16,18H2,1-4H3/t19-,20?,23-,26+/m1/s1. The molecule has 1 heterocycles. The Morgan fingerprint density at radius 3 is 2.44 bits per heavy atom. The average Bonchev–Trinajstić information content (AvgIpc) is 2.81. The number of sulfonamides is 1. The number of alkyl halides is 3. The maximum atomic E-state index is 13.4. The summed E-state index contributed by atoms with van der Waals surface area (Å²) in [4.78, 5) is 1.95. The maximum Gasteiger partial charge on any atom is 0.416 e. The molecule has 0 amide bonds. The van der Waals surface area contributed by atoms with Crippen molar-refractivity contribution in [3.63, 3.8) is 0 Å². The first-order valence-electron chi connectivity index (χ1n) is 12.5. The smallest absolute Gasteiger partial charge is 0.378 e. The minimum atomic E-state index is -4.39. The third-order valence-corrected chi connectivity index (χ3v) is 8.51. The molecule has 1 aliphatic heterocycles. The van der Waals surface area contributed by atoms with Crippen molar-refractivity contribution in [1.29, 1.82) is 0 Å². The number of hydrogen-bond acceptors (Lipinski definition) is 4. The van der Waals surface area contributed by atoms with E-state index >= 15 is 0 Å². The second-order valence-corrected chi connectivity index (χ2v) is 12.2. The molecule has 5 nitrogen and oxygen atoms in total. The molecule has 2 aromatic rings. The third kappa shape index (κ3) is 7.70. The molecule has 0 aliphatic carbocycles. The van der Waals surface area contributed by atoms with Crippen LogP contribution in [0.15, 0.2) is 48.5 Å². The minimum Gasteiger partial charge on any atom is -0.378 e. The van der Waals surface area contributed by atoms with Crippen molar-refractivity contribution in [2.45, 2.75) is 51.2 Å². The number of halogens is 3. The molecule has 4 atom stereocenters. The van der Waals surface area contributed by atoms with Crippen LogP contribution in [0.3, 0.4) is 0 Å². The van der Waals surface area contributed by atoms with Crippen molar-refractivity contribution in [3.8, 4) is 0 Å². The van der Waals surface area contributed by atoms with Crippen LogP contribution in [0.2, 0.25) is 0 Å². The van der Waals surface area contributed by atoms with E-state index in [9.17, 15) is 21.6 Å². The largest absolute Gasteiger partial charge is 0.416 e. The van der Waals surface area contributed by atoms with Gasteiger partial charge in [0.05, 0.1) is 17.4 Å². The van der Waals surface area contributed by atoms with E-state index < -0.39 is 21.8 Å². The van der Waals surface area contributed by atoms with Gasteiger partial charge in [-0.2, -0.15) is 13.2 Å². The Hall–Kier alpha value is -2.10. The quantitative estimate of drug-likeness (QED) is 0.385. The van der Waals surface area contributed by atoms with Crippen LogP contribution in [-0.2, 0) is 16.2 Å². The molecular formula is C27H38F3N3O2S. The van der Waals surface area contributed by atoms with Crippen molar-refractivity contribution in [1.82, 2.24) is 9.62 Å². The minimum absolute atomic E-state index is 0.0413. The van der Waals surface area contributed by atoms with Gasteiger partial charge in [-0.1, -0.05) is 44.2 Å². The van der Waals surface area contributed by atoms with Gasteiger partial charge in [-0.25, -0.2) is 13.1 Å². The fourth-order valence-electron chi connectivity index (χ4n) is 4.94. The van der Waals surface area contributed by atoms with Crippen LogP contribution in [0.25, 0.3) is 0 Å². The summed E-state index contributed by atoms with van der Waals surface area (Å²) in [6.07, 6.45) is -2.31. The molecule has 0 radical (unpaired) electrons. The third-order valence-electron chi connectivity index (χ3n) is 7.07. The predicted molar refractivity (Wildman–Crippen MR) is 140 cm³/mol. The highest BCUT2D eigenvalue weighted by molar-refractivity contribution is 7.89. The number of hydrogen-bond donors (Lipinski definition) is 2. The van der Waals surface area contributed by atoms with Gasteiger partial charge >= 0.3 is 6.18 Å². The van der Waals surface area contributed by atoms with Crippen LogP contribution in [0.5, 0.6) is 0 Å². The maximum absolute atomic E-state index is 13.4. The number of benzene rings is 2. The summed E-state index contributed by atoms with van der Waals surface area (Å²) in [6, 6.07) is 13.9. The predicted octanol–water partition coefficient (Wildman–Crippen LogP) is 5.88. The van der Waals surface area contributed by atoms with Crippen molar-refractivity contribution < 1.29 is 21.6 Å². The molecule has 9 heteroatoms. The molecule has 0 saturated heterocycles. The Bertz CT molecular complexity index is 1090. The zero-order valence-corrected chi connectivity index (χ0v) is 22.3. The van der Waals surface area contributed by atoms with Crippen molar-refractivity contribution in [2.24, 2.45) is 11.8 Å². The summed E-state index contributed by atoms with van der Waals surface area (Å²) < 4.78 is 67.6. The first kappa shape index (κ1) is 28.5. The topological polar surface area (TPSA) is 61.4 Å². The van der Waals surface area contributed by atoms with Crippen molar-refractivity contribution in [3.05, 3.63) is 65.2 Å². The Morgan fingerprint density at radius 2 is 1.81 bits per heavy atom. The van der Waals surface area contributed by atoms with E-state index in [2.05, 4.69) is 10.0 Å². The van der Waals surface area contributed by atoms with Crippen molar-refractivity contribution >= 4 is 15.7 Å². The van der Waals surface area contributed by atoms with Crippen LogP contribution >= 0.6 is 0 Å². The summed E-state index contributed by atoms with van der Waals surface area (Å²) in [6.45, 7) is 5.07. The lowest BCUT2D eigenvalue weighted by Crippen LogP contribution is -2.33. The molecule has 36 heavy (non-hydrogen) atoms. The van der Waals surface area contributed by atoms with Crippen LogP contribution in [0.1, 0.15) is 61.8 Å². The molecular weight excluding hydrogens is 487 g/mol. The Kier molecular flexibility index (Phi) is 9.46. The van der Waals surface area contributed by atoms with E-state index in [0.29, 0.717) is 25.1 Å². The van der Waals surface area contributed by atoms with Gasteiger partial charge in [-0.15, -0.1) is 0 Å². The fraction of sp³-hybridized carbons (Fsp3) is 0.556. The van der Waals surface area contributed by atoms with Crippen LogP contribution < -0.4 is 10.0 Å². The van der Waals surface area contributed by atoms with E-state index in [1.165, 1.54) is 12.1 Å². The first-order valence-corrected chi connectivity index (χ1v) is 14.2. The lowest BCUT2D eigenvalue weighted by molar-refractivity contribution is -0.137. The molecule has 2 aromatic carbocycles. The molecule has 200 valence electrons. The van der Waals surface area contributed by atoms with Gasteiger partial charge in [-0.05, 0) is 87.0 Å². The van der Waals surface area contributed by atoms with E-state index in [-0.39, 0.29) is 29.5 Å². The number of anilines is 1. The second kappa shape index (κ2) is 12.0. The lowest BCUT2D eigenvalue weighted by atomic mass is 9.73. The van der Waals surface area contributed by atoms with Crippen LogP contribution in [-0.4, -0.2) is 46.3 Å². The normalized spacial score (nSPS) is 21.2. The van der Waals surface area contributed by atoms with Gasteiger partial charge in [0, 0.05) is 12.2 Å². The highest BCUT2D eigenvalue weighted by Gasteiger charge is 2.37. The van der Waals surface area contributed by atoms with Crippen LogP contribution in [0.4, 0.5) is 18.9 Å². The number of nitrogens with zero attached hydrogens (tertiary/aromatic N) is 1. The Balaban J connectivity index is 1.71. The molecule has 0 bridgehead atoms. The van der Waals surface area contributed by atoms with Crippen LogP contribution in [0, 0.1) is 11.8 Å². The van der Waals surface area contributed by atoms with E-state index in [0.717, 1.165) is 30.2 Å². The molecule has 0 saturated carbocycles. The van der Waals surface area contributed by atoms with Gasteiger partial charge in [0.1, 0.15) is 0 Å². The molecule has 3 rings (SSSR count). The molecule has 1 aliphatic rings. The van der Waals surface area contributed by atoms with E-state index in [4.69, 9.17) is 0 Å². The zero-order chi connectivity index (χ0) is 26.5. The first-order chi connectivity index (χ1) is 16.9. The summed E-state index contributed by atoms with van der Waals surface area (Å²) in [5.41, 5.74) is 1.87. The molecule has 0 fully saturated rings. The SMILES string of the molecule is CC1c2cc(C(F)(F)F)ccc2N[C@@H](c2ccccc2)[C@@H]1CC[C@@H](C)CNS(=O)(=O)CCCN(C)C. The monoisotopic (exact) mass is 525 g/mol. The second-order valence-electron chi connectivity index (χ2n) is 10.3. The van der Waals surface area contributed by atoms with Crippen molar-refractivity contribution in [2.75, 3.05) is 38.3 Å².